The molecular weight excluding hydrogens is 308 g/mol. The van der Waals surface area contributed by atoms with Gasteiger partial charge in [-0.3, -0.25) is 9.79 Å². The van der Waals surface area contributed by atoms with Gasteiger partial charge in [-0.15, -0.1) is 0 Å². The monoisotopic (exact) mass is 342 g/mol. The summed E-state index contributed by atoms with van der Waals surface area (Å²) in [5, 5.41) is 6.53. The lowest BCUT2D eigenvalue weighted by atomic mass is 10.0. The number of carbonyl (C=O) groups is 1. The summed E-state index contributed by atoms with van der Waals surface area (Å²) in [6, 6.07) is 0.398. The molecule has 1 heterocycles. The molecule has 0 aromatic carbocycles. The molecule has 1 atom stereocenters. The Bertz CT molecular complexity index is 363. The van der Waals surface area contributed by atoms with Crippen molar-refractivity contribution >= 4 is 23.6 Å². The van der Waals surface area contributed by atoms with E-state index in [1.807, 2.05) is 16.7 Å². The van der Waals surface area contributed by atoms with E-state index < -0.39 is 0 Å². The first kappa shape index (κ1) is 20.1. The first-order valence-electron chi connectivity index (χ1n) is 8.99. The van der Waals surface area contributed by atoms with Crippen molar-refractivity contribution in [2.24, 2.45) is 4.99 Å². The summed E-state index contributed by atoms with van der Waals surface area (Å²) in [4.78, 5) is 18.9. The van der Waals surface area contributed by atoms with Crippen LogP contribution in [0.2, 0.25) is 0 Å². The molecule has 5 nitrogen and oxygen atoms in total. The minimum Gasteiger partial charge on any atom is -0.357 e. The van der Waals surface area contributed by atoms with E-state index in [4.69, 9.17) is 0 Å². The van der Waals surface area contributed by atoms with E-state index in [9.17, 15) is 4.79 Å². The van der Waals surface area contributed by atoms with E-state index >= 15 is 0 Å². The van der Waals surface area contributed by atoms with E-state index in [0.717, 1.165) is 44.9 Å². The van der Waals surface area contributed by atoms with Crippen LogP contribution in [0.25, 0.3) is 0 Å². The summed E-state index contributed by atoms with van der Waals surface area (Å²) in [5.74, 6) is 2.29. The van der Waals surface area contributed by atoms with Crippen molar-refractivity contribution in [2.45, 2.75) is 58.4 Å². The molecule has 1 fully saturated rings. The predicted octanol–water partition coefficient (Wildman–Crippen LogP) is 2.48. The topological polar surface area (TPSA) is 56.7 Å². The molecule has 1 amide bonds. The van der Waals surface area contributed by atoms with Crippen molar-refractivity contribution in [3.8, 4) is 0 Å². The number of carbonyl (C=O) groups excluding carboxylic acids is 1. The molecule has 0 aliphatic carbocycles. The molecule has 23 heavy (non-hydrogen) atoms. The molecule has 6 heteroatoms. The van der Waals surface area contributed by atoms with Crippen LogP contribution in [0.3, 0.4) is 0 Å². The Morgan fingerprint density at radius 3 is 2.83 bits per heavy atom. The van der Waals surface area contributed by atoms with Crippen LogP contribution in [0.4, 0.5) is 0 Å². The number of thioether (sulfide) groups is 1. The van der Waals surface area contributed by atoms with Gasteiger partial charge in [0.15, 0.2) is 5.96 Å². The maximum Gasteiger partial charge on any atom is 0.224 e. The highest BCUT2D eigenvalue weighted by atomic mass is 32.2. The third kappa shape index (κ3) is 8.49. The Morgan fingerprint density at radius 1 is 1.30 bits per heavy atom. The molecule has 0 saturated carbocycles. The average molecular weight is 343 g/mol. The van der Waals surface area contributed by atoms with Gasteiger partial charge in [-0.2, -0.15) is 11.8 Å². The normalized spacial score (nSPS) is 18.8. The summed E-state index contributed by atoms with van der Waals surface area (Å²) in [5.41, 5.74) is 0. The van der Waals surface area contributed by atoms with Crippen LogP contribution in [0.1, 0.15) is 52.4 Å². The average Bonchev–Trinajstić information content (AvgIpc) is 2.55. The van der Waals surface area contributed by atoms with Gasteiger partial charge < -0.3 is 15.5 Å². The molecular formula is C17H34N4OS. The van der Waals surface area contributed by atoms with Crippen molar-refractivity contribution in [3.63, 3.8) is 0 Å². The highest BCUT2D eigenvalue weighted by Crippen LogP contribution is 2.16. The smallest absolute Gasteiger partial charge is 0.224 e. The van der Waals surface area contributed by atoms with Gasteiger partial charge in [0.05, 0.1) is 0 Å². The fourth-order valence-electron chi connectivity index (χ4n) is 2.79. The molecule has 134 valence electrons. The van der Waals surface area contributed by atoms with Gasteiger partial charge in [0.2, 0.25) is 5.91 Å². The van der Waals surface area contributed by atoms with Crippen molar-refractivity contribution < 1.29 is 4.79 Å². The van der Waals surface area contributed by atoms with Crippen LogP contribution >= 0.6 is 11.8 Å². The number of rotatable bonds is 9. The fraction of sp³-hybridized carbons (Fsp3) is 0.882. The second-order valence-corrected chi connectivity index (χ2v) is 7.05. The van der Waals surface area contributed by atoms with Crippen LogP contribution in [0.15, 0.2) is 4.99 Å². The van der Waals surface area contributed by atoms with Crippen molar-refractivity contribution in [3.05, 3.63) is 0 Å². The zero-order chi connectivity index (χ0) is 16.9. The van der Waals surface area contributed by atoms with Gasteiger partial charge in [0, 0.05) is 38.6 Å². The first-order valence-corrected chi connectivity index (χ1v) is 10.4. The summed E-state index contributed by atoms with van der Waals surface area (Å²) in [6.07, 6.45) is 8.52. The lowest BCUT2D eigenvalue weighted by molar-refractivity contribution is -0.134. The Balaban J connectivity index is 2.28. The Morgan fingerprint density at radius 2 is 2.13 bits per heavy atom. The van der Waals surface area contributed by atoms with Crippen molar-refractivity contribution in [1.82, 2.24) is 15.5 Å². The number of likely N-dealkylation sites (tertiary alicyclic amines) is 1. The van der Waals surface area contributed by atoms with Gasteiger partial charge >= 0.3 is 0 Å². The van der Waals surface area contributed by atoms with Crippen LogP contribution < -0.4 is 10.6 Å². The van der Waals surface area contributed by atoms with Gasteiger partial charge in [-0.05, 0) is 58.0 Å². The standard InChI is InChI=1S/C17H34N4OS/c1-4-18-17(19-11-6-8-14-23-3)20-12-10-16(22)21-13-7-5-9-15(21)2/h15H,4-14H2,1-3H3,(H2,18,19,20). The minimum atomic E-state index is 0.264. The number of piperidine rings is 1. The molecule has 2 N–H and O–H groups in total. The van der Waals surface area contributed by atoms with E-state index in [-0.39, 0.29) is 5.91 Å². The third-order valence-electron chi connectivity index (χ3n) is 4.13. The number of unbranched alkanes of at least 4 members (excludes halogenated alkanes) is 1. The van der Waals surface area contributed by atoms with Crippen LogP contribution in [-0.4, -0.2) is 61.0 Å². The highest BCUT2D eigenvalue weighted by Gasteiger charge is 2.22. The van der Waals surface area contributed by atoms with Gasteiger partial charge in [-0.25, -0.2) is 0 Å². The highest BCUT2D eigenvalue weighted by molar-refractivity contribution is 7.98. The maximum atomic E-state index is 12.3. The largest absolute Gasteiger partial charge is 0.357 e. The lowest BCUT2D eigenvalue weighted by Crippen LogP contribution is -2.44. The molecule has 1 saturated heterocycles. The van der Waals surface area contributed by atoms with Crippen LogP contribution in [0, 0.1) is 0 Å². The number of amides is 1. The zero-order valence-electron chi connectivity index (χ0n) is 15.1. The molecule has 1 aliphatic rings. The lowest BCUT2D eigenvalue weighted by Gasteiger charge is -2.33. The third-order valence-corrected chi connectivity index (χ3v) is 4.82. The van der Waals surface area contributed by atoms with Crippen molar-refractivity contribution in [1.29, 1.82) is 0 Å². The summed E-state index contributed by atoms with van der Waals surface area (Å²) >= 11 is 1.88. The van der Waals surface area contributed by atoms with E-state index in [0.29, 0.717) is 19.0 Å². The number of hydrogen-bond acceptors (Lipinski definition) is 3. The Kier molecular flexibility index (Phi) is 10.9. The summed E-state index contributed by atoms with van der Waals surface area (Å²) in [6.45, 7) is 7.47. The molecule has 0 spiro atoms. The number of hydrogen-bond donors (Lipinski definition) is 2. The molecule has 0 aromatic rings. The van der Waals surface area contributed by atoms with Gasteiger partial charge in [-0.1, -0.05) is 0 Å². The van der Waals surface area contributed by atoms with Gasteiger partial charge in [0.25, 0.3) is 0 Å². The Labute approximate surface area is 146 Å². The fourth-order valence-corrected chi connectivity index (χ4v) is 3.28. The van der Waals surface area contributed by atoms with Gasteiger partial charge in [0.1, 0.15) is 0 Å². The molecule has 1 aliphatic heterocycles. The van der Waals surface area contributed by atoms with E-state index in [1.54, 1.807) is 0 Å². The number of aliphatic imine (C=N–C) groups is 1. The predicted molar refractivity (Wildman–Crippen MR) is 101 cm³/mol. The van der Waals surface area contributed by atoms with Crippen molar-refractivity contribution in [2.75, 3.05) is 38.2 Å². The van der Waals surface area contributed by atoms with E-state index in [1.165, 1.54) is 18.6 Å². The maximum absolute atomic E-state index is 12.3. The Hall–Kier alpha value is -0.910. The molecule has 1 rings (SSSR count). The second kappa shape index (κ2) is 12.5. The molecule has 0 bridgehead atoms. The number of nitrogens with one attached hydrogen (secondary N) is 2. The first-order chi connectivity index (χ1) is 11.2. The number of nitrogens with zero attached hydrogens (tertiary/aromatic N) is 2. The number of guanidine groups is 1. The minimum absolute atomic E-state index is 0.264. The second-order valence-electron chi connectivity index (χ2n) is 6.07. The van der Waals surface area contributed by atoms with E-state index in [2.05, 4.69) is 35.7 Å². The molecule has 0 radical (unpaired) electrons. The quantitative estimate of drug-likeness (QED) is 0.384. The SMILES string of the molecule is CCNC(=NCCCCSC)NCCC(=O)N1CCCCC1C. The molecule has 0 aromatic heterocycles. The molecule has 1 unspecified atom stereocenters. The van der Waals surface area contributed by atoms with Crippen LogP contribution in [0.5, 0.6) is 0 Å². The summed E-state index contributed by atoms with van der Waals surface area (Å²) < 4.78 is 0. The summed E-state index contributed by atoms with van der Waals surface area (Å²) in [7, 11) is 0. The zero-order valence-corrected chi connectivity index (χ0v) is 15.9. The van der Waals surface area contributed by atoms with Crippen LogP contribution in [-0.2, 0) is 4.79 Å².